The Morgan fingerprint density at radius 3 is 2.73 bits per heavy atom. The Balaban J connectivity index is 1.78. The van der Waals surface area contributed by atoms with E-state index < -0.39 is 0 Å². The van der Waals surface area contributed by atoms with Gasteiger partial charge in [0.15, 0.2) is 5.16 Å². The smallest absolute Gasteiger partial charge is 0.272 e. The van der Waals surface area contributed by atoms with Crippen LogP contribution in [-0.2, 0) is 17.9 Å². The second-order valence-electron chi connectivity index (χ2n) is 6.02. The molecule has 0 saturated carbocycles. The zero-order chi connectivity index (χ0) is 18.7. The highest BCUT2D eigenvalue weighted by Crippen LogP contribution is 2.25. The topological polar surface area (TPSA) is 55.2 Å². The number of hydrogen-bond donors (Lipinski definition) is 0. The summed E-state index contributed by atoms with van der Waals surface area (Å²) in [5, 5.41) is 2.14. The predicted octanol–water partition coefficient (Wildman–Crippen LogP) is 3.62. The lowest BCUT2D eigenvalue weighted by molar-refractivity contribution is -0.129. The van der Waals surface area contributed by atoms with E-state index in [1.807, 2.05) is 55.6 Å². The van der Waals surface area contributed by atoms with Crippen molar-refractivity contribution in [2.75, 3.05) is 7.05 Å². The first-order chi connectivity index (χ1) is 12.5. The van der Waals surface area contributed by atoms with Gasteiger partial charge >= 0.3 is 0 Å². The Morgan fingerprint density at radius 1 is 1.31 bits per heavy atom. The lowest BCUT2D eigenvalue weighted by Gasteiger charge is -2.21. The molecule has 5 nitrogen and oxygen atoms in total. The van der Waals surface area contributed by atoms with Crippen molar-refractivity contribution in [2.45, 2.75) is 37.3 Å². The van der Waals surface area contributed by atoms with Gasteiger partial charge in [-0.15, -0.1) is 11.3 Å². The molecule has 3 aromatic rings. The van der Waals surface area contributed by atoms with Gasteiger partial charge in [0.05, 0.1) is 10.8 Å². The van der Waals surface area contributed by atoms with Crippen LogP contribution in [-0.4, -0.2) is 32.7 Å². The van der Waals surface area contributed by atoms with E-state index >= 15 is 0 Å². The molecule has 0 aliphatic heterocycles. The van der Waals surface area contributed by atoms with Crippen LogP contribution in [0, 0.1) is 0 Å². The van der Waals surface area contributed by atoms with Crippen LogP contribution in [0.1, 0.15) is 19.4 Å². The Morgan fingerprint density at radius 2 is 2.04 bits per heavy atom. The summed E-state index contributed by atoms with van der Waals surface area (Å²) in [6.45, 7) is 4.87. The van der Waals surface area contributed by atoms with E-state index in [2.05, 4.69) is 4.98 Å². The molecule has 0 radical (unpaired) electrons. The van der Waals surface area contributed by atoms with Gasteiger partial charge in [-0.25, -0.2) is 4.98 Å². The van der Waals surface area contributed by atoms with Gasteiger partial charge in [-0.3, -0.25) is 14.2 Å². The number of thioether (sulfide) groups is 1. The van der Waals surface area contributed by atoms with Gasteiger partial charge in [-0.1, -0.05) is 42.1 Å². The monoisotopic (exact) mass is 387 g/mol. The molecular weight excluding hydrogens is 366 g/mol. The SMILES string of the molecule is CCn1c(SC(C)C(=O)N(C)Cc2ccccc2)nc2ccsc2c1=O. The summed E-state index contributed by atoms with van der Waals surface area (Å²) >= 11 is 2.74. The Hall–Kier alpha value is -2.12. The summed E-state index contributed by atoms with van der Waals surface area (Å²) in [5.74, 6) is 0.0150. The standard InChI is InChI=1S/C19H21N3O2S2/c1-4-22-18(24)16-15(10-11-25-16)20-19(22)26-13(2)17(23)21(3)12-14-8-6-5-7-9-14/h5-11,13H,4,12H2,1-3H3. The minimum Gasteiger partial charge on any atom is -0.340 e. The third-order valence-electron chi connectivity index (χ3n) is 4.12. The van der Waals surface area contributed by atoms with Crippen molar-refractivity contribution in [1.82, 2.24) is 14.5 Å². The number of carbonyl (C=O) groups excluding carboxylic acids is 1. The first kappa shape index (κ1) is 18.7. The third-order valence-corrected chi connectivity index (χ3v) is 6.09. The van der Waals surface area contributed by atoms with E-state index in [1.54, 1.807) is 16.5 Å². The lowest BCUT2D eigenvalue weighted by Crippen LogP contribution is -2.33. The van der Waals surface area contributed by atoms with Crippen molar-refractivity contribution >= 4 is 39.2 Å². The van der Waals surface area contributed by atoms with Crippen molar-refractivity contribution in [3.05, 3.63) is 57.7 Å². The number of fused-ring (bicyclic) bond motifs is 1. The molecule has 26 heavy (non-hydrogen) atoms. The first-order valence-corrected chi connectivity index (χ1v) is 10.2. The number of thiophene rings is 1. The fraction of sp³-hybridized carbons (Fsp3) is 0.316. The molecule has 0 saturated heterocycles. The first-order valence-electron chi connectivity index (χ1n) is 8.44. The van der Waals surface area contributed by atoms with Crippen molar-refractivity contribution in [3.63, 3.8) is 0 Å². The van der Waals surface area contributed by atoms with Crippen LogP contribution in [0.25, 0.3) is 10.2 Å². The predicted molar refractivity (Wildman–Crippen MR) is 108 cm³/mol. The maximum atomic E-state index is 12.7. The molecule has 0 spiro atoms. The minimum absolute atomic E-state index is 0.0150. The maximum Gasteiger partial charge on any atom is 0.272 e. The molecule has 1 unspecified atom stereocenters. The summed E-state index contributed by atoms with van der Waals surface area (Å²) in [6, 6.07) is 11.7. The zero-order valence-corrected chi connectivity index (χ0v) is 16.6. The second kappa shape index (κ2) is 8.05. The minimum atomic E-state index is -0.329. The van der Waals surface area contributed by atoms with Gasteiger partial charge in [0.25, 0.3) is 5.56 Å². The van der Waals surface area contributed by atoms with Crippen molar-refractivity contribution < 1.29 is 4.79 Å². The normalized spacial score (nSPS) is 12.3. The van der Waals surface area contributed by atoms with Gasteiger partial charge in [-0.05, 0) is 30.9 Å². The van der Waals surface area contributed by atoms with Crippen LogP contribution in [0.5, 0.6) is 0 Å². The summed E-state index contributed by atoms with van der Waals surface area (Å²) < 4.78 is 2.31. The van der Waals surface area contributed by atoms with E-state index in [0.29, 0.717) is 28.5 Å². The molecular formula is C19H21N3O2S2. The third kappa shape index (κ3) is 3.83. The molecule has 0 aliphatic rings. The summed E-state index contributed by atoms with van der Waals surface area (Å²) in [5.41, 5.74) is 1.75. The molecule has 1 amide bonds. The largest absolute Gasteiger partial charge is 0.340 e. The number of aromatic nitrogens is 2. The Bertz CT molecular complexity index is 966. The number of nitrogens with zero attached hydrogens (tertiary/aromatic N) is 3. The Kier molecular flexibility index (Phi) is 5.78. The molecule has 2 aromatic heterocycles. The molecule has 136 valence electrons. The highest BCUT2D eigenvalue weighted by atomic mass is 32.2. The van der Waals surface area contributed by atoms with Gasteiger partial charge in [-0.2, -0.15) is 0 Å². The molecule has 7 heteroatoms. The van der Waals surface area contributed by atoms with Gasteiger partial charge in [0.1, 0.15) is 4.70 Å². The zero-order valence-electron chi connectivity index (χ0n) is 15.0. The van der Waals surface area contributed by atoms with Crippen LogP contribution in [0.2, 0.25) is 0 Å². The number of rotatable bonds is 6. The molecule has 3 rings (SSSR count). The second-order valence-corrected chi connectivity index (χ2v) is 8.24. The number of carbonyl (C=O) groups is 1. The fourth-order valence-electron chi connectivity index (χ4n) is 2.75. The summed E-state index contributed by atoms with van der Waals surface area (Å²) in [4.78, 5) is 31.6. The molecule has 1 atom stereocenters. The molecule has 0 aliphatic carbocycles. The van der Waals surface area contributed by atoms with E-state index in [4.69, 9.17) is 0 Å². The van der Waals surface area contributed by atoms with Gasteiger partial charge in [0.2, 0.25) is 5.91 Å². The molecule has 0 N–H and O–H groups in total. The van der Waals surface area contributed by atoms with E-state index in [9.17, 15) is 9.59 Å². The lowest BCUT2D eigenvalue weighted by atomic mass is 10.2. The number of hydrogen-bond acceptors (Lipinski definition) is 5. The maximum absolute atomic E-state index is 12.7. The average Bonchev–Trinajstić information content (AvgIpc) is 3.11. The van der Waals surface area contributed by atoms with Crippen molar-refractivity contribution in [1.29, 1.82) is 0 Å². The van der Waals surface area contributed by atoms with E-state index in [-0.39, 0.29) is 16.7 Å². The Labute approximate surface area is 160 Å². The van der Waals surface area contributed by atoms with Gasteiger partial charge < -0.3 is 4.90 Å². The highest BCUT2D eigenvalue weighted by molar-refractivity contribution is 8.00. The molecule has 0 bridgehead atoms. The van der Waals surface area contributed by atoms with E-state index in [0.717, 1.165) is 5.56 Å². The average molecular weight is 388 g/mol. The molecule has 1 aromatic carbocycles. The van der Waals surface area contributed by atoms with Crippen LogP contribution in [0.4, 0.5) is 0 Å². The molecule has 2 heterocycles. The summed E-state index contributed by atoms with van der Waals surface area (Å²) in [7, 11) is 1.80. The van der Waals surface area contributed by atoms with Crippen molar-refractivity contribution in [2.24, 2.45) is 0 Å². The summed E-state index contributed by atoms with van der Waals surface area (Å²) in [6.07, 6.45) is 0. The van der Waals surface area contributed by atoms with Crippen LogP contribution < -0.4 is 5.56 Å². The number of benzene rings is 1. The highest BCUT2D eigenvalue weighted by Gasteiger charge is 2.22. The van der Waals surface area contributed by atoms with Crippen LogP contribution >= 0.6 is 23.1 Å². The van der Waals surface area contributed by atoms with Gasteiger partial charge in [0, 0.05) is 20.1 Å². The van der Waals surface area contributed by atoms with Crippen molar-refractivity contribution in [3.8, 4) is 0 Å². The molecule has 0 fully saturated rings. The fourth-order valence-corrected chi connectivity index (χ4v) is 4.61. The quantitative estimate of drug-likeness (QED) is 0.479. The van der Waals surface area contributed by atoms with Crippen LogP contribution in [0.15, 0.2) is 51.7 Å². The number of amides is 1. The van der Waals surface area contributed by atoms with E-state index in [1.165, 1.54) is 23.1 Å². The van der Waals surface area contributed by atoms with Crippen LogP contribution in [0.3, 0.4) is 0 Å².